The number of thioether (sulfide) groups is 1. The largest absolute Gasteiger partial charge is 0.448 e. The Labute approximate surface area is 178 Å². The van der Waals surface area contributed by atoms with Gasteiger partial charge in [-0.3, -0.25) is 14.2 Å². The number of amides is 1. The van der Waals surface area contributed by atoms with E-state index in [9.17, 15) is 9.59 Å². The maximum atomic E-state index is 13.0. The van der Waals surface area contributed by atoms with Gasteiger partial charge in [0, 0.05) is 17.6 Å². The second-order valence-electron chi connectivity index (χ2n) is 7.28. The van der Waals surface area contributed by atoms with Crippen molar-refractivity contribution in [1.82, 2.24) is 9.55 Å². The predicted molar refractivity (Wildman–Crippen MR) is 121 cm³/mol. The molecule has 7 heteroatoms. The zero-order valence-electron chi connectivity index (χ0n) is 17.2. The maximum Gasteiger partial charge on any atom is 0.297 e. The molecule has 2 heterocycles. The van der Waals surface area contributed by atoms with Crippen LogP contribution in [0.25, 0.3) is 22.1 Å². The van der Waals surface area contributed by atoms with E-state index in [1.807, 2.05) is 63.2 Å². The molecule has 2 aromatic carbocycles. The molecular weight excluding hydrogens is 398 g/mol. The summed E-state index contributed by atoms with van der Waals surface area (Å²) in [5.74, 6) is 0.0216. The Balaban J connectivity index is 1.65. The van der Waals surface area contributed by atoms with E-state index in [2.05, 4.69) is 5.32 Å². The maximum absolute atomic E-state index is 13.0. The fourth-order valence-electron chi connectivity index (χ4n) is 3.37. The Hall–Kier alpha value is -3.06. The summed E-state index contributed by atoms with van der Waals surface area (Å²) in [5.41, 5.74) is 4.11. The number of carbonyl (C=O) groups excluding carboxylic acids is 1. The molecule has 2 aromatic heterocycles. The van der Waals surface area contributed by atoms with Gasteiger partial charge in [0.15, 0.2) is 5.16 Å². The summed E-state index contributed by atoms with van der Waals surface area (Å²) in [4.78, 5) is 30.3. The topological polar surface area (TPSA) is 77.1 Å². The number of nitrogens with one attached hydrogen (secondary N) is 1. The molecule has 0 aliphatic carbocycles. The number of rotatable bonds is 6. The van der Waals surface area contributed by atoms with E-state index in [1.165, 1.54) is 11.8 Å². The van der Waals surface area contributed by atoms with E-state index in [0.717, 1.165) is 28.6 Å². The summed E-state index contributed by atoms with van der Waals surface area (Å²) in [7, 11) is 0. The minimum atomic E-state index is -0.213. The van der Waals surface area contributed by atoms with Crippen molar-refractivity contribution in [3.8, 4) is 0 Å². The lowest BCUT2D eigenvalue weighted by atomic mass is 10.1. The average molecular weight is 422 g/mol. The van der Waals surface area contributed by atoms with Gasteiger partial charge in [-0.15, -0.1) is 0 Å². The van der Waals surface area contributed by atoms with Crippen molar-refractivity contribution in [3.63, 3.8) is 0 Å². The molecule has 1 N–H and O–H groups in total. The monoisotopic (exact) mass is 421 g/mol. The zero-order chi connectivity index (χ0) is 21.3. The Morgan fingerprint density at radius 2 is 2.00 bits per heavy atom. The van der Waals surface area contributed by atoms with E-state index in [4.69, 9.17) is 9.40 Å². The first-order chi connectivity index (χ1) is 14.5. The molecule has 0 aliphatic heterocycles. The number of aryl methyl sites for hydroxylation is 2. The summed E-state index contributed by atoms with van der Waals surface area (Å²) >= 11 is 1.26. The van der Waals surface area contributed by atoms with Crippen molar-refractivity contribution in [2.45, 2.75) is 38.9 Å². The molecule has 4 aromatic rings. The molecule has 4 rings (SSSR count). The number of hydrogen-bond donors (Lipinski definition) is 1. The smallest absolute Gasteiger partial charge is 0.297 e. The molecule has 1 amide bonds. The van der Waals surface area contributed by atoms with Crippen LogP contribution in [0, 0.1) is 13.8 Å². The average Bonchev–Trinajstić information content (AvgIpc) is 3.10. The molecule has 0 radical (unpaired) electrons. The highest BCUT2D eigenvalue weighted by Gasteiger charge is 2.18. The number of hydrogen-bond acceptors (Lipinski definition) is 5. The molecule has 0 atom stereocenters. The number of furan rings is 1. The molecule has 0 bridgehead atoms. The number of carbonyl (C=O) groups is 1. The first-order valence-corrected chi connectivity index (χ1v) is 10.9. The minimum Gasteiger partial charge on any atom is -0.448 e. The molecule has 0 unspecified atom stereocenters. The standard InChI is InChI=1S/C23H23N3O3S/c1-4-11-26-22(28)21-20(16-7-5-6-8-18(16)29-21)25-23(26)30-13-19(27)24-17-12-14(2)9-10-15(17)3/h5-10,12H,4,11,13H2,1-3H3,(H,24,27). The number of benzene rings is 2. The van der Waals surface area contributed by atoms with Crippen molar-refractivity contribution in [2.24, 2.45) is 0 Å². The molecule has 0 saturated carbocycles. The van der Waals surface area contributed by atoms with Gasteiger partial charge in [-0.1, -0.05) is 43.0 Å². The number of nitrogens with zero attached hydrogens (tertiary/aromatic N) is 2. The van der Waals surface area contributed by atoms with Gasteiger partial charge in [-0.2, -0.15) is 0 Å². The summed E-state index contributed by atoms with van der Waals surface area (Å²) < 4.78 is 7.37. The third-order valence-corrected chi connectivity index (χ3v) is 5.87. The summed E-state index contributed by atoms with van der Waals surface area (Å²) in [6.07, 6.45) is 0.773. The van der Waals surface area contributed by atoms with Gasteiger partial charge in [-0.25, -0.2) is 4.98 Å². The van der Waals surface area contributed by atoms with Crippen molar-refractivity contribution in [2.75, 3.05) is 11.1 Å². The highest BCUT2D eigenvalue weighted by molar-refractivity contribution is 7.99. The van der Waals surface area contributed by atoms with Crippen LogP contribution in [-0.4, -0.2) is 21.2 Å². The third-order valence-electron chi connectivity index (χ3n) is 4.89. The number of fused-ring (bicyclic) bond motifs is 3. The molecule has 0 fully saturated rings. The number of para-hydroxylation sites is 1. The predicted octanol–water partition coefficient (Wildman–Crippen LogP) is 4.90. The fraction of sp³-hybridized carbons (Fsp3) is 0.261. The normalized spacial score (nSPS) is 11.3. The van der Waals surface area contributed by atoms with E-state index >= 15 is 0 Å². The van der Waals surface area contributed by atoms with E-state index < -0.39 is 0 Å². The Morgan fingerprint density at radius 1 is 1.20 bits per heavy atom. The Morgan fingerprint density at radius 3 is 2.80 bits per heavy atom. The van der Waals surface area contributed by atoms with Crippen LogP contribution < -0.4 is 10.9 Å². The lowest BCUT2D eigenvalue weighted by Gasteiger charge is -2.12. The van der Waals surface area contributed by atoms with Crippen LogP contribution in [0.1, 0.15) is 24.5 Å². The second-order valence-corrected chi connectivity index (χ2v) is 8.22. The van der Waals surface area contributed by atoms with E-state index in [-0.39, 0.29) is 22.8 Å². The highest BCUT2D eigenvalue weighted by atomic mass is 32.2. The molecule has 0 spiro atoms. The molecule has 0 saturated heterocycles. The summed E-state index contributed by atoms with van der Waals surface area (Å²) in [6, 6.07) is 13.4. The summed E-state index contributed by atoms with van der Waals surface area (Å²) in [6.45, 7) is 6.46. The van der Waals surface area contributed by atoms with Gasteiger partial charge in [0.05, 0.1) is 5.75 Å². The van der Waals surface area contributed by atoms with Crippen molar-refractivity contribution >= 4 is 45.4 Å². The van der Waals surface area contributed by atoms with Crippen LogP contribution in [0.2, 0.25) is 0 Å². The quantitative estimate of drug-likeness (QED) is 0.354. The van der Waals surface area contributed by atoms with Gasteiger partial charge in [0.25, 0.3) is 5.56 Å². The highest BCUT2D eigenvalue weighted by Crippen LogP contribution is 2.27. The third kappa shape index (κ3) is 3.85. The minimum absolute atomic E-state index is 0.136. The van der Waals surface area contributed by atoms with Crippen LogP contribution in [0.3, 0.4) is 0 Å². The Kier molecular flexibility index (Phi) is 5.63. The lowest BCUT2D eigenvalue weighted by molar-refractivity contribution is -0.113. The van der Waals surface area contributed by atoms with Gasteiger partial charge in [0.1, 0.15) is 11.1 Å². The van der Waals surface area contributed by atoms with E-state index in [0.29, 0.717) is 22.8 Å². The van der Waals surface area contributed by atoms with E-state index in [1.54, 1.807) is 4.57 Å². The molecule has 0 aliphatic rings. The number of aromatic nitrogens is 2. The van der Waals surface area contributed by atoms with Crippen LogP contribution >= 0.6 is 11.8 Å². The van der Waals surface area contributed by atoms with Gasteiger partial charge in [-0.05, 0) is 49.6 Å². The molecule has 6 nitrogen and oxygen atoms in total. The summed E-state index contributed by atoms with van der Waals surface area (Å²) in [5, 5.41) is 4.28. The fourth-order valence-corrected chi connectivity index (χ4v) is 4.19. The van der Waals surface area contributed by atoms with Gasteiger partial charge in [0.2, 0.25) is 11.5 Å². The first-order valence-electron chi connectivity index (χ1n) is 9.90. The second kappa shape index (κ2) is 8.36. The van der Waals surface area contributed by atoms with Crippen molar-refractivity contribution < 1.29 is 9.21 Å². The molecule has 30 heavy (non-hydrogen) atoms. The zero-order valence-corrected chi connectivity index (χ0v) is 18.0. The van der Waals surface area contributed by atoms with Crippen LogP contribution in [0.15, 0.2) is 56.8 Å². The van der Waals surface area contributed by atoms with Crippen LogP contribution in [0.5, 0.6) is 0 Å². The first kappa shape index (κ1) is 20.2. The molecule has 154 valence electrons. The van der Waals surface area contributed by atoms with Gasteiger partial charge < -0.3 is 9.73 Å². The van der Waals surface area contributed by atoms with Crippen LogP contribution in [-0.2, 0) is 11.3 Å². The Bertz CT molecular complexity index is 1310. The lowest BCUT2D eigenvalue weighted by Crippen LogP contribution is -2.23. The van der Waals surface area contributed by atoms with Crippen LogP contribution in [0.4, 0.5) is 5.69 Å². The number of anilines is 1. The van der Waals surface area contributed by atoms with Crippen molar-refractivity contribution in [1.29, 1.82) is 0 Å². The SMILES string of the molecule is CCCn1c(SCC(=O)Nc2cc(C)ccc2C)nc2c(oc3ccccc32)c1=O. The van der Waals surface area contributed by atoms with Gasteiger partial charge >= 0.3 is 0 Å². The molecular formula is C23H23N3O3S. The van der Waals surface area contributed by atoms with Crippen molar-refractivity contribution in [3.05, 3.63) is 63.9 Å².